The van der Waals surface area contributed by atoms with Crippen molar-refractivity contribution in [2.45, 2.75) is 50.5 Å². The molecule has 1 aromatic rings. The smallest absolute Gasteiger partial charge is 0.191 e. The van der Waals surface area contributed by atoms with E-state index < -0.39 is 0 Å². The van der Waals surface area contributed by atoms with Gasteiger partial charge in [-0.05, 0) is 43.9 Å². The zero-order chi connectivity index (χ0) is 19.3. The molecule has 0 saturated carbocycles. The molecule has 2 N–H and O–H groups in total. The standard InChI is InChI=1S/C21H31ClN4O2/c1-2-23-21(25-18-13-17-7-8-20(18)28-17)24-14-19(26-9-11-27-12-10-26)15-3-5-16(22)6-4-15/h3-6,17-20H,2,7-14H2,1H3,(H2,23,24,25). The van der Waals surface area contributed by atoms with Crippen LogP contribution in [0.25, 0.3) is 0 Å². The molecular formula is C21H31ClN4O2. The van der Waals surface area contributed by atoms with Crippen LogP contribution in [0.15, 0.2) is 29.3 Å². The molecule has 0 aliphatic carbocycles. The third kappa shape index (κ3) is 4.79. The third-order valence-electron chi connectivity index (χ3n) is 5.94. The first-order chi connectivity index (χ1) is 13.7. The second-order valence-corrected chi connectivity index (χ2v) is 8.23. The maximum atomic E-state index is 6.10. The lowest BCUT2D eigenvalue weighted by atomic mass is 9.96. The van der Waals surface area contributed by atoms with E-state index in [0.29, 0.717) is 24.8 Å². The highest BCUT2D eigenvalue weighted by Crippen LogP contribution is 2.34. The molecule has 1 aromatic carbocycles. The van der Waals surface area contributed by atoms with Crippen LogP contribution < -0.4 is 10.6 Å². The zero-order valence-electron chi connectivity index (χ0n) is 16.6. The van der Waals surface area contributed by atoms with Crippen LogP contribution in [0.1, 0.15) is 37.8 Å². The molecule has 3 saturated heterocycles. The zero-order valence-corrected chi connectivity index (χ0v) is 17.3. The average molecular weight is 407 g/mol. The van der Waals surface area contributed by atoms with Crippen LogP contribution in [0, 0.1) is 0 Å². The number of hydrogen-bond donors (Lipinski definition) is 2. The van der Waals surface area contributed by atoms with Crippen LogP contribution in [0.2, 0.25) is 5.02 Å². The van der Waals surface area contributed by atoms with Crippen LogP contribution in [0.3, 0.4) is 0 Å². The molecule has 0 amide bonds. The summed E-state index contributed by atoms with van der Waals surface area (Å²) in [6, 6.07) is 8.74. The maximum absolute atomic E-state index is 6.10. The minimum atomic E-state index is 0.216. The molecule has 4 unspecified atom stereocenters. The van der Waals surface area contributed by atoms with Crippen LogP contribution in [-0.2, 0) is 9.47 Å². The van der Waals surface area contributed by atoms with Gasteiger partial charge in [0.1, 0.15) is 0 Å². The molecule has 3 aliphatic heterocycles. The Balaban J connectivity index is 1.47. The van der Waals surface area contributed by atoms with Gasteiger partial charge in [0.05, 0.1) is 44.1 Å². The van der Waals surface area contributed by atoms with Crippen molar-refractivity contribution in [3.05, 3.63) is 34.9 Å². The predicted octanol–water partition coefficient (Wildman–Crippen LogP) is 2.59. The van der Waals surface area contributed by atoms with Crippen molar-refractivity contribution >= 4 is 17.6 Å². The molecule has 0 spiro atoms. The molecular weight excluding hydrogens is 376 g/mol. The van der Waals surface area contributed by atoms with E-state index in [0.717, 1.165) is 56.7 Å². The fraction of sp³-hybridized carbons (Fsp3) is 0.667. The Bertz CT molecular complexity index is 663. The van der Waals surface area contributed by atoms with Crippen molar-refractivity contribution in [3.63, 3.8) is 0 Å². The molecule has 154 valence electrons. The maximum Gasteiger partial charge on any atom is 0.191 e. The molecule has 3 aliphatic rings. The highest BCUT2D eigenvalue weighted by atomic mass is 35.5. The molecule has 2 bridgehead atoms. The SMILES string of the molecule is CCNC(=NCC(c1ccc(Cl)cc1)N1CCOCC1)NC1CC2CCC1O2. The average Bonchev–Trinajstić information content (AvgIpc) is 3.33. The second kappa shape index (κ2) is 9.44. The summed E-state index contributed by atoms with van der Waals surface area (Å²) in [5, 5.41) is 7.79. The van der Waals surface area contributed by atoms with Crippen LogP contribution in [-0.4, -0.2) is 68.5 Å². The van der Waals surface area contributed by atoms with Crippen LogP contribution >= 0.6 is 11.6 Å². The molecule has 3 fully saturated rings. The number of hydrogen-bond acceptors (Lipinski definition) is 4. The summed E-state index contributed by atoms with van der Waals surface area (Å²) < 4.78 is 11.5. The van der Waals surface area contributed by atoms with Crippen molar-refractivity contribution < 1.29 is 9.47 Å². The third-order valence-corrected chi connectivity index (χ3v) is 6.19. The van der Waals surface area contributed by atoms with E-state index in [4.69, 9.17) is 26.1 Å². The van der Waals surface area contributed by atoms with E-state index in [1.807, 2.05) is 12.1 Å². The number of fused-ring (bicyclic) bond motifs is 2. The lowest BCUT2D eigenvalue weighted by Crippen LogP contribution is -2.48. The summed E-state index contributed by atoms with van der Waals surface area (Å²) in [6.07, 6.45) is 4.20. The monoisotopic (exact) mass is 406 g/mol. The Morgan fingerprint density at radius 1 is 1.25 bits per heavy atom. The first kappa shape index (κ1) is 20.0. The van der Waals surface area contributed by atoms with Gasteiger partial charge in [-0.1, -0.05) is 23.7 Å². The normalized spacial score (nSPS) is 29.1. The van der Waals surface area contributed by atoms with Gasteiger partial charge in [0.15, 0.2) is 5.96 Å². The lowest BCUT2D eigenvalue weighted by molar-refractivity contribution is 0.0179. The highest BCUT2D eigenvalue weighted by molar-refractivity contribution is 6.30. The summed E-state index contributed by atoms with van der Waals surface area (Å²) >= 11 is 6.10. The molecule has 0 radical (unpaired) electrons. The fourth-order valence-corrected chi connectivity index (χ4v) is 4.59. The first-order valence-corrected chi connectivity index (χ1v) is 10.9. The van der Waals surface area contributed by atoms with Gasteiger partial charge in [0.2, 0.25) is 0 Å². The highest BCUT2D eigenvalue weighted by Gasteiger charge is 2.41. The van der Waals surface area contributed by atoms with Crippen molar-refractivity contribution in [2.75, 3.05) is 39.4 Å². The lowest BCUT2D eigenvalue weighted by Gasteiger charge is -2.34. The van der Waals surface area contributed by atoms with Crippen molar-refractivity contribution in [2.24, 2.45) is 4.99 Å². The molecule has 3 heterocycles. The van der Waals surface area contributed by atoms with E-state index in [2.05, 4.69) is 34.6 Å². The van der Waals surface area contributed by atoms with Gasteiger partial charge in [-0.25, -0.2) is 0 Å². The minimum absolute atomic E-state index is 0.216. The minimum Gasteiger partial charge on any atom is -0.379 e. The number of rotatable bonds is 6. The van der Waals surface area contributed by atoms with E-state index in [1.54, 1.807) is 0 Å². The fourth-order valence-electron chi connectivity index (χ4n) is 4.47. The number of benzene rings is 1. The number of guanidine groups is 1. The number of aliphatic imine (C=N–C) groups is 1. The molecule has 6 nitrogen and oxygen atoms in total. The van der Waals surface area contributed by atoms with Gasteiger partial charge >= 0.3 is 0 Å². The number of morpholine rings is 1. The van der Waals surface area contributed by atoms with E-state index in [9.17, 15) is 0 Å². The number of nitrogens with one attached hydrogen (secondary N) is 2. The summed E-state index contributed by atoms with van der Waals surface area (Å²) in [7, 11) is 0. The van der Waals surface area contributed by atoms with Crippen molar-refractivity contribution in [1.82, 2.24) is 15.5 Å². The summed E-state index contributed by atoms with van der Waals surface area (Å²) in [5.41, 5.74) is 1.24. The van der Waals surface area contributed by atoms with Crippen LogP contribution in [0.4, 0.5) is 0 Å². The number of ether oxygens (including phenoxy) is 2. The van der Waals surface area contributed by atoms with Gasteiger partial charge in [0, 0.05) is 24.7 Å². The Labute approximate surface area is 172 Å². The van der Waals surface area contributed by atoms with Gasteiger partial charge < -0.3 is 20.1 Å². The summed E-state index contributed by atoms with van der Waals surface area (Å²) in [4.78, 5) is 7.42. The topological polar surface area (TPSA) is 58.1 Å². The molecule has 4 rings (SSSR count). The van der Waals surface area contributed by atoms with Gasteiger partial charge in [-0.2, -0.15) is 0 Å². The Kier molecular flexibility index (Phi) is 6.73. The largest absolute Gasteiger partial charge is 0.379 e. The van der Waals surface area contributed by atoms with E-state index in [1.165, 1.54) is 12.0 Å². The first-order valence-electron chi connectivity index (χ1n) is 10.5. The van der Waals surface area contributed by atoms with Gasteiger partial charge in [-0.15, -0.1) is 0 Å². The molecule has 4 atom stereocenters. The molecule has 0 aromatic heterocycles. The van der Waals surface area contributed by atoms with E-state index in [-0.39, 0.29) is 6.04 Å². The van der Waals surface area contributed by atoms with E-state index >= 15 is 0 Å². The summed E-state index contributed by atoms with van der Waals surface area (Å²) in [5.74, 6) is 0.885. The summed E-state index contributed by atoms with van der Waals surface area (Å²) in [6.45, 7) is 7.03. The molecule has 28 heavy (non-hydrogen) atoms. The number of halogens is 1. The van der Waals surface area contributed by atoms with Gasteiger partial charge in [-0.3, -0.25) is 9.89 Å². The van der Waals surface area contributed by atoms with Crippen molar-refractivity contribution in [3.8, 4) is 0 Å². The van der Waals surface area contributed by atoms with Crippen molar-refractivity contribution in [1.29, 1.82) is 0 Å². The molecule has 7 heteroatoms. The Morgan fingerprint density at radius 3 is 2.68 bits per heavy atom. The quantitative estimate of drug-likeness (QED) is 0.561. The Hall–Kier alpha value is -1.34. The van der Waals surface area contributed by atoms with Gasteiger partial charge in [0.25, 0.3) is 0 Å². The Morgan fingerprint density at radius 2 is 2.04 bits per heavy atom. The number of nitrogens with zero attached hydrogens (tertiary/aromatic N) is 2. The van der Waals surface area contributed by atoms with Crippen LogP contribution in [0.5, 0.6) is 0 Å². The predicted molar refractivity (Wildman–Crippen MR) is 112 cm³/mol. The second-order valence-electron chi connectivity index (χ2n) is 7.80.